The Balaban J connectivity index is 2.18. The number of nitrogen functional groups attached to an aromatic ring is 1. The summed E-state index contributed by atoms with van der Waals surface area (Å²) in [6.45, 7) is 2.59. The second-order valence-electron chi connectivity index (χ2n) is 4.90. The van der Waals surface area contributed by atoms with Crippen molar-refractivity contribution in [1.82, 2.24) is 0 Å². The van der Waals surface area contributed by atoms with Gasteiger partial charge in [-0.25, -0.2) is 0 Å². The maximum Gasteiger partial charge on any atom is 0.255 e. The summed E-state index contributed by atoms with van der Waals surface area (Å²) in [6.07, 6.45) is 0.885. The second kappa shape index (κ2) is 7.74. The summed E-state index contributed by atoms with van der Waals surface area (Å²) < 4.78 is 10.7. The van der Waals surface area contributed by atoms with Gasteiger partial charge in [0.2, 0.25) is 0 Å². The van der Waals surface area contributed by atoms with Crippen molar-refractivity contribution in [2.24, 2.45) is 0 Å². The third-order valence-corrected chi connectivity index (χ3v) is 3.38. The van der Waals surface area contributed by atoms with Crippen LogP contribution in [0, 0.1) is 0 Å². The molecule has 0 aromatic heterocycles. The molecule has 3 N–H and O–H groups in total. The lowest BCUT2D eigenvalue weighted by molar-refractivity contribution is 0.102. The molecule has 0 bridgehead atoms. The molecular weight excluding hydrogens is 316 g/mol. The number of amides is 1. The molecule has 0 atom stereocenters. The molecule has 23 heavy (non-hydrogen) atoms. The molecular formula is C17H19ClN2O3. The van der Waals surface area contributed by atoms with Crippen molar-refractivity contribution >= 4 is 28.9 Å². The van der Waals surface area contributed by atoms with Gasteiger partial charge in [0, 0.05) is 10.6 Å². The first-order valence-electron chi connectivity index (χ1n) is 7.22. The van der Waals surface area contributed by atoms with Crippen LogP contribution in [-0.4, -0.2) is 19.6 Å². The molecule has 0 aliphatic carbocycles. The van der Waals surface area contributed by atoms with Gasteiger partial charge in [-0.15, -0.1) is 0 Å². The molecule has 0 aliphatic heterocycles. The van der Waals surface area contributed by atoms with Crippen molar-refractivity contribution in [3.63, 3.8) is 0 Å². The summed E-state index contributed by atoms with van der Waals surface area (Å²) in [6, 6.07) is 9.93. The van der Waals surface area contributed by atoms with Gasteiger partial charge in [-0.3, -0.25) is 4.79 Å². The van der Waals surface area contributed by atoms with E-state index in [4.69, 9.17) is 26.8 Å². The van der Waals surface area contributed by atoms with Crippen LogP contribution in [0.4, 0.5) is 11.4 Å². The molecule has 1 amide bonds. The number of nitrogens with one attached hydrogen (secondary N) is 1. The van der Waals surface area contributed by atoms with Gasteiger partial charge in [0.1, 0.15) is 11.5 Å². The smallest absolute Gasteiger partial charge is 0.255 e. The lowest BCUT2D eigenvalue weighted by atomic mass is 10.1. The van der Waals surface area contributed by atoms with Gasteiger partial charge in [-0.2, -0.15) is 0 Å². The summed E-state index contributed by atoms with van der Waals surface area (Å²) in [5, 5.41) is 3.27. The minimum Gasteiger partial charge on any atom is -0.495 e. The number of ether oxygens (including phenoxy) is 2. The lowest BCUT2D eigenvalue weighted by Crippen LogP contribution is -2.13. The van der Waals surface area contributed by atoms with Crippen molar-refractivity contribution in [1.29, 1.82) is 0 Å². The summed E-state index contributed by atoms with van der Waals surface area (Å²) in [4.78, 5) is 12.4. The minimum absolute atomic E-state index is 0.306. The predicted molar refractivity (Wildman–Crippen MR) is 92.6 cm³/mol. The number of hydrogen-bond donors (Lipinski definition) is 2. The standard InChI is InChI=1S/C17H19ClN2O3/c1-3-8-23-15-6-4-11(9-13(15)19)17(21)20-14-10-12(18)5-7-16(14)22-2/h4-7,9-10H,3,8,19H2,1-2H3,(H,20,21). The Labute approximate surface area is 140 Å². The number of anilines is 2. The largest absolute Gasteiger partial charge is 0.495 e. The third-order valence-electron chi connectivity index (χ3n) is 3.14. The number of rotatable bonds is 6. The van der Waals surface area contributed by atoms with E-state index in [9.17, 15) is 4.79 Å². The average molecular weight is 335 g/mol. The molecule has 2 aromatic rings. The molecule has 6 heteroatoms. The van der Waals surface area contributed by atoms with Gasteiger partial charge in [0.05, 0.1) is 25.1 Å². The lowest BCUT2D eigenvalue weighted by Gasteiger charge is -2.12. The molecule has 2 aromatic carbocycles. The van der Waals surface area contributed by atoms with E-state index >= 15 is 0 Å². The van der Waals surface area contributed by atoms with Gasteiger partial charge in [0.15, 0.2) is 0 Å². The fraction of sp³-hybridized carbons (Fsp3) is 0.235. The number of benzene rings is 2. The van der Waals surface area contributed by atoms with Crippen LogP contribution in [-0.2, 0) is 0 Å². The van der Waals surface area contributed by atoms with Crippen molar-refractivity contribution in [2.75, 3.05) is 24.8 Å². The Morgan fingerprint density at radius 1 is 1.22 bits per heavy atom. The zero-order chi connectivity index (χ0) is 16.8. The number of hydrogen-bond acceptors (Lipinski definition) is 4. The Hall–Kier alpha value is -2.40. The normalized spacial score (nSPS) is 10.2. The van der Waals surface area contributed by atoms with E-state index in [2.05, 4.69) is 5.32 Å². The van der Waals surface area contributed by atoms with E-state index in [-0.39, 0.29) is 5.91 Å². The van der Waals surface area contributed by atoms with E-state index < -0.39 is 0 Å². The van der Waals surface area contributed by atoms with E-state index in [1.165, 1.54) is 7.11 Å². The highest BCUT2D eigenvalue weighted by Crippen LogP contribution is 2.29. The number of carbonyl (C=O) groups is 1. The monoisotopic (exact) mass is 334 g/mol. The van der Waals surface area contributed by atoms with Gasteiger partial charge in [0.25, 0.3) is 5.91 Å². The first kappa shape index (κ1) is 17.0. The molecule has 0 heterocycles. The van der Waals surface area contributed by atoms with Crippen molar-refractivity contribution < 1.29 is 14.3 Å². The van der Waals surface area contributed by atoms with E-state index in [0.29, 0.717) is 40.1 Å². The Kier molecular flexibility index (Phi) is 5.71. The highest BCUT2D eigenvalue weighted by Gasteiger charge is 2.12. The van der Waals surface area contributed by atoms with E-state index in [0.717, 1.165) is 6.42 Å². The second-order valence-corrected chi connectivity index (χ2v) is 5.34. The fourth-order valence-electron chi connectivity index (χ4n) is 2.01. The van der Waals surface area contributed by atoms with Gasteiger partial charge in [-0.05, 0) is 42.8 Å². The van der Waals surface area contributed by atoms with Gasteiger partial charge in [-0.1, -0.05) is 18.5 Å². The molecule has 0 aliphatic rings. The van der Waals surface area contributed by atoms with Crippen molar-refractivity contribution in [2.45, 2.75) is 13.3 Å². The van der Waals surface area contributed by atoms with Crippen LogP contribution in [0.25, 0.3) is 0 Å². The Morgan fingerprint density at radius 2 is 1.96 bits per heavy atom. The maximum absolute atomic E-state index is 12.4. The third kappa shape index (κ3) is 4.29. The molecule has 5 nitrogen and oxygen atoms in total. The number of halogens is 1. The van der Waals surface area contributed by atoms with Crippen LogP contribution in [0.3, 0.4) is 0 Å². The zero-order valence-electron chi connectivity index (χ0n) is 13.1. The molecule has 0 radical (unpaired) electrons. The number of carbonyl (C=O) groups excluding carboxylic acids is 1. The molecule has 122 valence electrons. The number of nitrogens with two attached hydrogens (primary N) is 1. The highest BCUT2D eigenvalue weighted by atomic mass is 35.5. The fourth-order valence-corrected chi connectivity index (χ4v) is 2.18. The molecule has 0 spiro atoms. The average Bonchev–Trinajstić information content (AvgIpc) is 2.54. The van der Waals surface area contributed by atoms with Crippen LogP contribution in [0.2, 0.25) is 5.02 Å². The zero-order valence-corrected chi connectivity index (χ0v) is 13.8. The SMILES string of the molecule is CCCOc1ccc(C(=O)Nc2cc(Cl)ccc2OC)cc1N. The first-order chi connectivity index (χ1) is 11.0. The number of methoxy groups -OCH3 is 1. The van der Waals surface area contributed by atoms with Crippen LogP contribution >= 0.6 is 11.6 Å². The van der Waals surface area contributed by atoms with Crippen molar-refractivity contribution in [3.05, 3.63) is 47.0 Å². The Bertz CT molecular complexity index is 704. The summed E-state index contributed by atoms with van der Waals surface area (Å²) >= 11 is 5.95. The predicted octanol–water partition coefficient (Wildman–Crippen LogP) is 3.97. The molecule has 0 unspecified atom stereocenters. The maximum atomic E-state index is 12.4. The quantitative estimate of drug-likeness (QED) is 0.784. The minimum atomic E-state index is -0.306. The van der Waals surface area contributed by atoms with Crippen LogP contribution in [0.15, 0.2) is 36.4 Å². The molecule has 0 saturated carbocycles. The summed E-state index contributed by atoms with van der Waals surface area (Å²) in [5.41, 5.74) is 7.26. The highest BCUT2D eigenvalue weighted by molar-refractivity contribution is 6.31. The van der Waals surface area contributed by atoms with Gasteiger partial charge < -0.3 is 20.5 Å². The van der Waals surface area contributed by atoms with Crippen LogP contribution < -0.4 is 20.5 Å². The van der Waals surface area contributed by atoms with E-state index in [1.807, 2.05) is 6.92 Å². The first-order valence-corrected chi connectivity index (χ1v) is 7.60. The summed E-state index contributed by atoms with van der Waals surface area (Å²) in [7, 11) is 1.52. The van der Waals surface area contributed by atoms with Crippen LogP contribution in [0.5, 0.6) is 11.5 Å². The van der Waals surface area contributed by atoms with E-state index in [1.54, 1.807) is 36.4 Å². The van der Waals surface area contributed by atoms with Crippen LogP contribution in [0.1, 0.15) is 23.7 Å². The van der Waals surface area contributed by atoms with Gasteiger partial charge >= 0.3 is 0 Å². The van der Waals surface area contributed by atoms with Crippen molar-refractivity contribution in [3.8, 4) is 11.5 Å². The Morgan fingerprint density at radius 3 is 2.61 bits per heavy atom. The topological polar surface area (TPSA) is 73.6 Å². The summed E-state index contributed by atoms with van der Waals surface area (Å²) in [5.74, 6) is 0.793. The molecule has 0 saturated heterocycles. The molecule has 2 rings (SSSR count). The molecule has 0 fully saturated rings.